The maximum Gasteiger partial charge on any atom is 0.338 e. The smallest absolute Gasteiger partial charge is 0.338 e. The van der Waals surface area contributed by atoms with Crippen LogP contribution in [0.25, 0.3) is 6.08 Å². The summed E-state index contributed by atoms with van der Waals surface area (Å²) in [6.07, 6.45) is 1.73. The van der Waals surface area contributed by atoms with Gasteiger partial charge in [-0.25, -0.2) is 9.79 Å². The third-order valence-electron chi connectivity index (χ3n) is 6.21. The van der Waals surface area contributed by atoms with Crippen LogP contribution in [0, 0.1) is 0 Å². The van der Waals surface area contributed by atoms with Gasteiger partial charge in [-0.15, -0.1) is 0 Å². The molecule has 38 heavy (non-hydrogen) atoms. The minimum atomic E-state index is -0.762. The molecule has 0 unspecified atom stereocenters. The molecule has 5 rings (SSSR count). The number of ether oxygens (including phenoxy) is 6. The van der Waals surface area contributed by atoms with E-state index < -0.39 is 12.0 Å². The van der Waals surface area contributed by atoms with Crippen LogP contribution in [0.4, 0.5) is 0 Å². The zero-order chi connectivity index (χ0) is 27.0. The Hall–Kier alpha value is -4.25. The van der Waals surface area contributed by atoms with Gasteiger partial charge >= 0.3 is 5.97 Å². The fourth-order valence-electron chi connectivity index (χ4n) is 4.53. The lowest BCUT2D eigenvalue weighted by Crippen LogP contribution is -2.39. The summed E-state index contributed by atoms with van der Waals surface area (Å²) < 4.78 is 34.6. The maximum absolute atomic E-state index is 13.9. The summed E-state index contributed by atoms with van der Waals surface area (Å²) in [7, 11) is 4.58. The quantitative estimate of drug-likeness (QED) is 0.423. The lowest BCUT2D eigenvalue weighted by molar-refractivity contribution is -0.139. The number of hydrogen-bond acceptors (Lipinski definition) is 10. The number of allylic oxidation sites excluding steroid dienone is 1. The molecule has 2 aliphatic rings. The Morgan fingerprint density at radius 2 is 1.82 bits per heavy atom. The Bertz CT molecular complexity index is 1610. The number of hydrogen-bond donors (Lipinski definition) is 0. The number of benzene rings is 2. The highest BCUT2D eigenvalue weighted by Gasteiger charge is 2.34. The Labute approximate surface area is 222 Å². The Morgan fingerprint density at radius 1 is 1.11 bits per heavy atom. The third-order valence-corrected chi connectivity index (χ3v) is 7.20. The van der Waals surface area contributed by atoms with Gasteiger partial charge in [-0.05, 0) is 55.3 Å². The minimum Gasteiger partial charge on any atom is -0.493 e. The van der Waals surface area contributed by atoms with Crippen LogP contribution < -0.4 is 38.6 Å². The summed E-state index contributed by atoms with van der Waals surface area (Å²) in [5.41, 5.74) is 1.81. The number of aromatic nitrogens is 1. The molecule has 2 aliphatic heterocycles. The topological polar surface area (TPSA) is 107 Å². The molecule has 0 spiro atoms. The largest absolute Gasteiger partial charge is 0.493 e. The monoisotopic (exact) mass is 538 g/mol. The van der Waals surface area contributed by atoms with Crippen molar-refractivity contribution in [2.24, 2.45) is 4.99 Å². The minimum absolute atomic E-state index is 0.107. The third kappa shape index (κ3) is 4.28. The molecule has 0 bridgehead atoms. The van der Waals surface area contributed by atoms with Gasteiger partial charge in [0.2, 0.25) is 12.5 Å². The predicted octanol–water partition coefficient (Wildman–Crippen LogP) is 2.55. The van der Waals surface area contributed by atoms with Gasteiger partial charge in [-0.1, -0.05) is 17.4 Å². The molecule has 0 fully saturated rings. The highest BCUT2D eigenvalue weighted by molar-refractivity contribution is 7.07. The van der Waals surface area contributed by atoms with Crippen molar-refractivity contribution < 1.29 is 33.2 Å². The van der Waals surface area contributed by atoms with Gasteiger partial charge in [0.15, 0.2) is 27.8 Å². The summed E-state index contributed by atoms with van der Waals surface area (Å²) >= 11 is 1.22. The van der Waals surface area contributed by atoms with Crippen molar-refractivity contribution in [3.05, 3.63) is 72.4 Å². The van der Waals surface area contributed by atoms with Crippen molar-refractivity contribution in [1.82, 2.24) is 4.57 Å². The zero-order valence-electron chi connectivity index (χ0n) is 21.5. The molecule has 0 saturated carbocycles. The number of methoxy groups -OCH3 is 3. The lowest BCUT2D eigenvalue weighted by Gasteiger charge is -2.24. The van der Waals surface area contributed by atoms with Crippen LogP contribution in [-0.2, 0) is 9.53 Å². The van der Waals surface area contributed by atoms with E-state index in [2.05, 4.69) is 4.99 Å². The zero-order valence-corrected chi connectivity index (χ0v) is 22.3. The molecule has 198 valence electrons. The van der Waals surface area contributed by atoms with E-state index in [1.807, 2.05) is 6.07 Å². The van der Waals surface area contributed by atoms with Crippen molar-refractivity contribution in [2.75, 3.05) is 34.7 Å². The van der Waals surface area contributed by atoms with Crippen molar-refractivity contribution in [1.29, 1.82) is 0 Å². The Balaban J connectivity index is 1.71. The number of fused-ring (bicyclic) bond motifs is 2. The molecule has 1 aromatic heterocycles. The first-order valence-electron chi connectivity index (χ1n) is 11.8. The van der Waals surface area contributed by atoms with E-state index in [1.54, 1.807) is 44.2 Å². The van der Waals surface area contributed by atoms with Crippen LogP contribution in [0.3, 0.4) is 0 Å². The van der Waals surface area contributed by atoms with Crippen molar-refractivity contribution >= 4 is 23.4 Å². The van der Waals surface area contributed by atoms with Crippen molar-refractivity contribution in [3.63, 3.8) is 0 Å². The van der Waals surface area contributed by atoms with Crippen molar-refractivity contribution in [3.8, 4) is 28.7 Å². The van der Waals surface area contributed by atoms with E-state index in [-0.39, 0.29) is 24.5 Å². The molecule has 0 saturated heterocycles. The average molecular weight is 539 g/mol. The summed E-state index contributed by atoms with van der Waals surface area (Å²) in [4.78, 5) is 32.0. The van der Waals surface area contributed by atoms with Gasteiger partial charge in [-0.2, -0.15) is 0 Å². The first-order valence-corrected chi connectivity index (χ1v) is 12.6. The van der Waals surface area contributed by atoms with E-state index in [4.69, 9.17) is 28.4 Å². The number of esters is 1. The van der Waals surface area contributed by atoms with E-state index in [0.29, 0.717) is 54.9 Å². The molecule has 0 aliphatic carbocycles. The fraction of sp³-hybridized carbons (Fsp3) is 0.296. The van der Waals surface area contributed by atoms with Crippen LogP contribution in [0.1, 0.15) is 31.0 Å². The van der Waals surface area contributed by atoms with E-state index in [1.165, 1.54) is 37.2 Å². The van der Waals surface area contributed by atoms with Gasteiger partial charge < -0.3 is 28.4 Å². The van der Waals surface area contributed by atoms with Crippen LogP contribution in [0.15, 0.2) is 51.4 Å². The maximum atomic E-state index is 13.9. The first kappa shape index (κ1) is 25.4. The molecule has 0 N–H and O–H groups in total. The second-order valence-electron chi connectivity index (χ2n) is 8.37. The SMILES string of the molecule is CCOC(=O)C1=C(C)N=c2s/c(=C/c3cc(OC)c(OC)c(OC)c3)c(=O)n2[C@H]1c1ccc2c(c1)OCO2. The lowest BCUT2D eigenvalue weighted by atomic mass is 9.95. The molecular formula is C27H26N2O8S. The summed E-state index contributed by atoms with van der Waals surface area (Å²) in [5.74, 6) is 1.98. The van der Waals surface area contributed by atoms with E-state index in [0.717, 1.165) is 0 Å². The Kier molecular flexibility index (Phi) is 6.85. The number of rotatable bonds is 7. The second kappa shape index (κ2) is 10.3. The first-order chi connectivity index (χ1) is 18.4. The van der Waals surface area contributed by atoms with Crippen molar-refractivity contribution in [2.45, 2.75) is 19.9 Å². The number of carbonyl (C=O) groups is 1. The molecule has 11 heteroatoms. The van der Waals surface area contributed by atoms with Gasteiger partial charge in [-0.3, -0.25) is 9.36 Å². The van der Waals surface area contributed by atoms with Crippen LogP contribution >= 0.6 is 11.3 Å². The Morgan fingerprint density at radius 3 is 2.47 bits per heavy atom. The normalized spacial score (nSPS) is 16.1. The summed E-state index contributed by atoms with van der Waals surface area (Å²) in [6.45, 7) is 3.77. The number of carbonyl (C=O) groups excluding carboxylic acids is 1. The molecule has 2 aromatic carbocycles. The van der Waals surface area contributed by atoms with Gasteiger partial charge in [0.05, 0.1) is 49.8 Å². The molecular weight excluding hydrogens is 512 g/mol. The number of nitrogens with zero attached hydrogens (tertiary/aromatic N) is 2. The number of thiazole rings is 1. The van der Waals surface area contributed by atoms with Gasteiger partial charge in [0.1, 0.15) is 0 Å². The van der Waals surface area contributed by atoms with Gasteiger partial charge in [0, 0.05) is 0 Å². The van der Waals surface area contributed by atoms with Crippen LogP contribution in [0.2, 0.25) is 0 Å². The summed E-state index contributed by atoms with van der Waals surface area (Å²) in [6, 6.07) is 8.10. The molecule has 1 atom stereocenters. The second-order valence-corrected chi connectivity index (χ2v) is 9.38. The molecule has 0 amide bonds. The molecule has 3 aromatic rings. The van der Waals surface area contributed by atoms with Crippen LogP contribution in [0.5, 0.6) is 28.7 Å². The van der Waals surface area contributed by atoms with E-state index >= 15 is 0 Å². The highest BCUT2D eigenvalue weighted by atomic mass is 32.1. The molecule has 10 nitrogen and oxygen atoms in total. The fourth-order valence-corrected chi connectivity index (χ4v) is 5.57. The average Bonchev–Trinajstić information content (AvgIpc) is 3.50. The molecule has 3 heterocycles. The van der Waals surface area contributed by atoms with Crippen LogP contribution in [-0.4, -0.2) is 45.3 Å². The standard InChI is InChI=1S/C27H26N2O8S/c1-6-35-26(31)22-14(2)28-27-29(23(22)16-7-8-17-18(12-16)37-13-36-17)25(30)21(38-27)11-15-9-19(32-3)24(34-5)20(10-15)33-4/h7-12,23H,6,13H2,1-5H3/b21-11+/t23-/m0/s1. The van der Waals surface area contributed by atoms with Gasteiger partial charge in [0.25, 0.3) is 5.56 Å². The summed E-state index contributed by atoms with van der Waals surface area (Å²) in [5, 5.41) is 0. The molecule has 0 radical (unpaired) electrons. The predicted molar refractivity (Wildman–Crippen MR) is 139 cm³/mol. The van der Waals surface area contributed by atoms with E-state index in [9.17, 15) is 9.59 Å². The highest BCUT2D eigenvalue weighted by Crippen LogP contribution is 2.39.